The zero-order chi connectivity index (χ0) is 19.3. The number of ether oxygens (including phenoxy) is 1. The van der Waals surface area contributed by atoms with E-state index < -0.39 is 0 Å². The fourth-order valence-electron chi connectivity index (χ4n) is 3.73. The molecule has 4 rings (SSSR count). The molecule has 1 saturated carbocycles. The molecule has 0 radical (unpaired) electrons. The predicted molar refractivity (Wildman–Crippen MR) is 104 cm³/mol. The third-order valence-electron chi connectivity index (χ3n) is 5.54. The van der Waals surface area contributed by atoms with Gasteiger partial charge >= 0.3 is 11.7 Å². The Labute approximate surface area is 160 Å². The molecule has 8 nitrogen and oxygen atoms in total. The number of carbonyl (C=O) groups is 1. The number of methoxy groups -OCH3 is 1. The van der Waals surface area contributed by atoms with Crippen molar-refractivity contribution in [2.75, 3.05) is 26.8 Å². The van der Waals surface area contributed by atoms with Crippen molar-refractivity contribution >= 4 is 27.6 Å². The number of thiophene rings is 1. The number of urea groups is 1. The van der Waals surface area contributed by atoms with Crippen LogP contribution in [0.25, 0.3) is 10.2 Å². The van der Waals surface area contributed by atoms with Gasteiger partial charge in [0.2, 0.25) is 0 Å². The van der Waals surface area contributed by atoms with E-state index >= 15 is 0 Å². The Morgan fingerprint density at radius 2 is 2.04 bits per heavy atom. The summed E-state index contributed by atoms with van der Waals surface area (Å²) in [7, 11) is 1.60. The highest BCUT2D eigenvalue weighted by molar-refractivity contribution is 7.18. The average molecular weight is 392 g/mol. The lowest BCUT2D eigenvalue weighted by atomic mass is 10.2. The zero-order valence-electron chi connectivity index (χ0n) is 15.8. The van der Waals surface area contributed by atoms with Crippen LogP contribution in [0.2, 0.25) is 0 Å². The molecular formula is C18H24N4O4S. The van der Waals surface area contributed by atoms with Crippen LogP contribution in [-0.4, -0.2) is 46.9 Å². The lowest BCUT2D eigenvalue weighted by Crippen LogP contribution is -2.40. The second-order valence-corrected chi connectivity index (χ2v) is 8.45. The first-order valence-corrected chi connectivity index (χ1v) is 10.0. The summed E-state index contributed by atoms with van der Waals surface area (Å²) in [6.07, 6.45) is 0.856. The lowest BCUT2D eigenvalue weighted by Gasteiger charge is -2.12. The molecule has 0 spiro atoms. The molecule has 27 heavy (non-hydrogen) atoms. The minimum Gasteiger partial charge on any atom is -0.383 e. The van der Waals surface area contributed by atoms with Gasteiger partial charge in [-0.2, -0.15) is 0 Å². The molecule has 2 aromatic heterocycles. The number of hydrogen-bond acceptors (Lipinski definition) is 5. The maximum atomic E-state index is 13.2. The number of nitrogens with one attached hydrogen (secondary N) is 1. The van der Waals surface area contributed by atoms with Crippen molar-refractivity contribution in [1.82, 2.24) is 19.4 Å². The van der Waals surface area contributed by atoms with Gasteiger partial charge in [-0.05, 0) is 24.8 Å². The summed E-state index contributed by atoms with van der Waals surface area (Å²) >= 11 is 1.43. The fourth-order valence-corrected chi connectivity index (χ4v) is 5.06. The summed E-state index contributed by atoms with van der Waals surface area (Å²) in [6, 6.07) is -0.108. The lowest BCUT2D eigenvalue weighted by molar-refractivity contribution is 0.186. The second kappa shape index (κ2) is 6.79. The van der Waals surface area contributed by atoms with Crippen LogP contribution in [0, 0.1) is 12.8 Å². The molecule has 1 saturated heterocycles. The van der Waals surface area contributed by atoms with Gasteiger partial charge in [0, 0.05) is 31.1 Å². The number of carbonyl (C=O) groups excluding carboxylic acids is 1. The third kappa shape index (κ3) is 2.98. The van der Waals surface area contributed by atoms with Crippen LogP contribution in [0.4, 0.5) is 4.79 Å². The van der Waals surface area contributed by atoms with E-state index in [1.807, 2.05) is 6.92 Å². The highest BCUT2D eigenvalue weighted by atomic mass is 32.1. The molecule has 2 amide bonds. The van der Waals surface area contributed by atoms with Crippen LogP contribution in [-0.2, 0) is 17.8 Å². The molecule has 1 aliphatic heterocycles. The number of nitrogens with zero attached hydrogens (tertiary/aromatic N) is 3. The molecule has 9 heteroatoms. The van der Waals surface area contributed by atoms with Crippen LogP contribution in [0.5, 0.6) is 0 Å². The van der Waals surface area contributed by atoms with E-state index in [2.05, 4.69) is 12.2 Å². The molecule has 2 aromatic rings. The molecule has 2 unspecified atom stereocenters. The summed E-state index contributed by atoms with van der Waals surface area (Å²) < 4.78 is 8.26. The number of amides is 2. The summed E-state index contributed by atoms with van der Waals surface area (Å²) in [5.74, 6) is 0.343. The monoisotopic (exact) mass is 392 g/mol. The van der Waals surface area contributed by atoms with E-state index in [4.69, 9.17) is 4.74 Å². The van der Waals surface area contributed by atoms with E-state index in [9.17, 15) is 14.4 Å². The second-order valence-electron chi connectivity index (χ2n) is 7.37. The molecule has 2 aliphatic rings. The summed E-state index contributed by atoms with van der Waals surface area (Å²) in [4.78, 5) is 41.5. The Hall–Kier alpha value is -2.13. The van der Waals surface area contributed by atoms with Gasteiger partial charge in [0.25, 0.3) is 5.56 Å². The third-order valence-corrected chi connectivity index (χ3v) is 6.84. The molecule has 2 atom stereocenters. The Kier molecular flexibility index (Phi) is 4.59. The summed E-state index contributed by atoms with van der Waals surface area (Å²) in [6.45, 7) is 6.49. The van der Waals surface area contributed by atoms with Gasteiger partial charge in [0.1, 0.15) is 4.83 Å². The number of hydrogen-bond donors (Lipinski definition) is 1. The van der Waals surface area contributed by atoms with E-state index in [0.29, 0.717) is 48.9 Å². The first-order valence-electron chi connectivity index (χ1n) is 9.23. The van der Waals surface area contributed by atoms with Crippen LogP contribution >= 0.6 is 11.3 Å². The van der Waals surface area contributed by atoms with Crippen LogP contribution in [0.15, 0.2) is 9.59 Å². The van der Waals surface area contributed by atoms with Crippen molar-refractivity contribution < 1.29 is 9.53 Å². The Morgan fingerprint density at radius 3 is 2.63 bits per heavy atom. The van der Waals surface area contributed by atoms with E-state index in [0.717, 1.165) is 16.9 Å². The molecule has 0 aromatic carbocycles. The zero-order valence-corrected chi connectivity index (χ0v) is 16.6. The molecule has 146 valence electrons. The molecule has 1 N–H and O–H groups in total. The maximum absolute atomic E-state index is 13.2. The number of aromatic nitrogens is 2. The Balaban J connectivity index is 1.88. The van der Waals surface area contributed by atoms with Gasteiger partial charge in [-0.15, -0.1) is 11.3 Å². The van der Waals surface area contributed by atoms with E-state index in [1.165, 1.54) is 15.9 Å². The van der Waals surface area contributed by atoms with Crippen molar-refractivity contribution in [2.45, 2.75) is 39.4 Å². The normalized spacial score (nSPS) is 21.9. The van der Waals surface area contributed by atoms with Gasteiger partial charge in [-0.1, -0.05) is 6.92 Å². The quantitative estimate of drug-likeness (QED) is 0.803. The fraction of sp³-hybridized carbons (Fsp3) is 0.611. The summed E-state index contributed by atoms with van der Waals surface area (Å²) in [5.41, 5.74) is 0.405. The minimum absolute atomic E-state index is 0.0182. The molecule has 0 bridgehead atoms. The Bertz CT molecular complexity index is 1020. The topological polar surface area (TPSA) is 85.6 Å². The maximum Gasteiger partial charge on any atom is 0.332 e. The van der Waals surface area contributed by atoms with Crippen molar-refractivity contribution in [3.8, 4) is 0 Å². The van der Waals surface area contributed by atoms with E-state index in [1.54, 1.807) is 16.6 Å². The van der Waals surface area contributed by atoms with Crippen molar-refractivity contribution in [3.63, 3.8) is 0 Å². The van der Waals surface area contributed by atoms with E-state index in [-0.39, 0.29) is 23.3 Å². The van der Waals surface area contributed by atoms with Crippen LogP contribution < -0.4 is 16.6 Å². The summed E-state index contributed by atoms with van der Waals surface area (Å²) in [5, 5.41) is 3.40. The minimum atomic E-state index is -0.259. The number of aryl methyl sites for hydroxylation is 1. The van der Waals surface area contributed by atoms with Crippen LogP contribution in [0.3, 0.4) is 0 Å². The highest BCUT2D eigenvalue weighted by Crippen LogP contribution is 2.41. The molecule has 3 heterocycles. The van der Waals surface area contributed by atoms with Crippen molar-refractivity contribution in [1.29, 1.82) is 0 Å². The molecule has 1 aliphatic carbocycles. The van der Waals surface area contributed by atoms with Gasteiger partial charge in [-0.25, -0.2) is 9.59 Å². The average Bonchev–Trinajstić information content (AvgIpc) is 3.04. The number of fused-ring (bicyclic) bond motifs is 1. The largest absolute Gasteiger partial charge is 0.383 e. The van der Waals surface area contributed by atoms with Crippen molar-refractivity contribution in [2.24, 2.45) is 5.92 Å². The number of rotatable bonds is 6. The highest BCUT2D eigenvalue weighted by Gasteiger charge is 2.38. The van der Waals surface area contributed by atoms with Crippen molar-refractivity contribution in [3.05, 3.63) is 31.3 Å². The molecular weight excluding hydrogens is 368 g/mol. The van der Waals surface area contributed by atoms with Gasteiger partial charge in [0.15, 0.2) is 0 Å². The van der Waals surface area contributed by atoms with Gasteiger partial charge in [-0.3, -0.25) is 13.9 Å². The van der Waals surface area contributed by atoms with Gasteiger partial charge in [0.05, 0.1) is 25.1 Å². The first-order chi connectivity index (χ1) is 12.9. The Morgan fingerprint density at radius 1 is 1.30 bits per heavy atom. The standard InChI is InChI=1S/C18H24N4O4S/c1-10-8-12(10)22-15(23)14-11(2)13(9-20-5-4-19-17(20)24)27-16(14)21(18(22)25)6-7-26-3/h10,12H,4-9H2,1-3H3,(H,19,24). The van der Waals surface area contributed by atoms with Gasteiger partial charge < -0.3 is 15.0 Å². The predicted octanol–water partition coefficient (Wildman–Crippen LogP) is 1.29. The first kappa shape index (κ1) is 18.2. The smallest absolute Gasteiger partial charge is 0.332 e. The molecule has 2 fully saturated rings. The SMILES string of the molecule is COCCn1c(=O)n(C2CC2C)c(=O)c2c(C)c(CN3CCNC3=O)sc21. The van der Waals surface area contributed by atoms with Crippen LogP contribution in [0.1, 0.15) is 29.8 Å².